The molecule has 1 nitrogen and oxygen atoms in total. The standard InChI is InChI=1S/C18H21Cl2N/c1-13(21-16-11-7-10-15(19)17(16)20)12-18(2,3)14-8-5-4-6-9-14/h4-11,13,21H,12H2,1-3H3. The molecule has 112 valence electrons. The van der Waals surface area contributed by atoms with Crippen molar-refractivity contribution in [1.29, 1.82) is 0 Å². The van der Waals surface area contributed by atoms with Crippen molar-refractivity contribution < 1.29 is 0 Å². The summed E-state index contributed by atoms with van der Waals surface area (Å²) in [6.45, 7) is 6.70. The second-order valence-electron chi connectivity index (χ2n) is 6.10. The lowest BCUT2D eigenvalue weighted by atomic mass is 9.79. The van der Waals surface area contributed by atoms with E-state index in [1.807, 2.05) is 18.2 Å². The first-order valence-corrected chi connectivity index (χ1v) is 7.92. The summed E-state index contributed by atoms with van der Waals surface area (Å²) in [6.07, 6.45) is 1.000. The lowest BCUT2D eigenvalue weighted by Gasteiger charge is -2.30. The van der Waals surface area contributed by atoms with Gasteiger partial charge in [0.2, 0.25) is 0 Å². The zero-order valence-electron chi connectivity index (χ0n) is 12.7. The zero-order valence-corrected chi connectivity index (χ0v) is 14.2. The number of nitrogens with one attached hydrogen (secondary N) is 1. The van der Waals surface area contributed by atoms with Crippen LogP contribution in [-0.4, -0.2) is 6.04 Å². The van der Waals surface area contributed by atoms with E-state index < -0.39 is 0 Å². The fourth-order valence-corrected chi connectivity index (χ4v) is 3.06. The maximum atomic E-state index is 6.23. The van der Waals surface area contributed by atoms with Gasteiger partial charge in [-0.2, -0.15) is 0 Å². The topological polar surface area (TPSA) is 12.0 Å². The van der Waals surface area contributed by atoms with E-state index in [4.69, 9.17) is 23.2 Å². The van der Waals surface area contributed by atoms with Gasteiger partial charge in [0.15, 0.2) is 0 Å². The van der Waals surface area contributed by atoms with Crippen LogP contribution in [0.15, 0.2) is 48.5 Å². The van der Waals surface area contributed by atoms with Crippen LogP contribution >= 0.6 is 23.2 Å². The van der Waals surface area contributed by atoms with Gasteiger partial charge in [0.1, 0.15) is 0 Å². The minimum Gasteiger partial charge on any atom is -0.381 e. The van der Waals surface area contributed by atoms with E-state index in [0.717, 1.165) is 12.1 Å². The number of halogens is 2. The summed E-state index contributed by atoms with van der Waals surface area (Å²) in [7, 11) is 0. The van der Waals surface area contributed by atoms with Gasteiger partial charge in [-0.25, -0.2) is 0 Å². The highest BCUT2D eigenvalue weighted by Crippen LogP contribution is 2.33. The predicted octanol–water partition coefficient (Wildman–Crippen LogP) is 6.16. The Morgan fingerprint density at radius 3 is 2.33 bits per heavy atom. The molecule has 3 heteroatoms. The van der Waals surface area contributed by atoms with Crippen LogP contribution in [0.3, 0.4) is 0 Å². The molecule has 0 fully saturated rings. The van der Waals surface area contributed by atoms with Crippen LogP contribution in [0.5, 0.6) is 0 Å². The van der Waals surface area contributed by atoms with Crippen LogP contribution in [0, 0.1) is 0 Å². The number of rotatable bonds is 5. The Morgan fingerprint density at radius 2 is 1.67 bits per heavy atom. The molecule has 0 radical (unpaired) electrons. The molecule has 0 saturated carbocycles. The van der Waals surface area contributed by atoms with Crippen molar-refractivity contribution in [3.8, 4) is 0 Å². The minimum absolute atomic E-state index is 0.0960. The summed E-state index contributed by atoms with van der Waals surface area (Å²) in [5, 5.41) is 4.63. The van der Waals surface area contributed by atoms with Crippen LogP contribution in [0.4, 0.5) is 5.69 Å². The van der Waals surface area contributed by atoms with E-state index in [1.54, 1.807) is 6.07 Å². The quantitative estimate of drug-likeness (QED) is 0.695. The number of hydrogen-bond acceptors (Lipinski definition) is 1. The average Bonchev–Trinajstić information content (AvgIpc) is 2.44. The molecule has 0 aliphatic carbocycles. The molecule has 2 aromatic rings. The lowest BCUT2D eigenvalue weighted by Crippen LogP contribution is -2.27. The van der Waals surface area contributed by atoms with Crippen molar-refractivity contribution >= 4 is 28.9 Å². The van der Waals surface area contributed by atoms with E-state index in [2.05, 4.69) is 50.4 Å². The molecule has 1 N–H and O–H groups in total. The monoisotopic (exact) mass is 321 g/mol. The molecule has 0 aliphatic heterocycles. The van der Waals surface area contributed by atoms with E-state index in [1.165, 1.54) is 5.56 Å². The van der Waals surface area contributed by atoms with Gasteiger partial charge in [-0.1, -0.05) is 73.4 Å². The fourth-order valence-electron chi connectivity index (χ4n) is 2.70. The first kappa shape index (κ1) is 16.2. The van der Waals surface area contributed by atoms with E-state index >= 15 is 0 Å². The van der Waals surface area contributed by atoms with Gasteiger partial charge in [0.25, 0.3) is 0 Å². The molecule has 21 heavy (non-hydrogen) atoms. The Bertz CT molecular complexity index is 593. The lowest BCUT2D eigenvalue weighted by molar-refractivity contribution is 0.450. The normalized spacial score (nSPS) is 13.0. The highest BCUT2D eigenvalue weighted by Gasteiger charge is 2.23. The van der Waals surface area contributed by atoms with E-state index in [-0.39, 0.29) is 11.5 Å². The number of anilines is 1. The van der Waals surface area contributed by atoms with Crippen molar-refractivity contribution in [1.82, 2.24) is 0 Å². The van der Waals surface area contributed by atoms with Crippen molar-refractivity contribution in [2.45, 2.75) is 38.6 Å². The molecule has 2 rings (SSSR count). The molecular weight excluding hydrogens is 301 g/mol. The van der Waals surface area contributed by atoms with Gasteiger partial charge in [-0.05, 0) is 36.5 Å². The first-order valence-electron chi connectivity index (χ1n) is 7.16. The summed E-state index contributed by atoms with van der Waals surface area (Å²) >= 11 is 12.3. The summed E-state index contributed by atoms with van der Waals surface area (Å²) in [6, 6.07) is 16.5. The van der Waals surface area contributed by atoms with Crippen LogP contribution in [0.25, 0.3) is 0 Å². The molecule has 0 aliphatic rings. The predicted molar refractivity (Wildman–Crippen MR) is 93.6 cm³/mol. The maximum Gasteiger partial charge on any atom is 0.0823 e. The Kier molecular flexibility index (Phi) is 5.18. The van der Waals surface area contributed by atoms with Crippen molar-refractivity contribution in [3.05, 3.63) is 64.1 Å². The van der Waals surface area contributed by atoms with E-state index in [9.17, 15) is 0 Å². The fraction of sp³-hybridized carbons (Fsp3) is 0.333. The maximum absolute atomic E-state index is 6.23. The summed E-state index contributed by atoms with van der Waals surface area (Å²) in [5.41, 5.74) is 2.33. The largest absolute Gasteiger partial charge is 0.381 e. The number of hydrogen-bond donors (Lipinski definition) is 1. The Labute approximate surface area is 137 Å². The smallest absolute Gasteiger partial charge is 0.0823 e. The van der Waals surface area contributed by atoms with Crippen molar-refractivity contribution in [2.75, 3.05) is 5.32 Å². The van der Waals surface area contributed by atoms with Crippen LogP contribution in [0.1, 0.15) is 32.8 Å². The van der Waals surface area contributed by atoms with Crippen molar-refractivity contribution in [2.24, 2.45) is 0 Å². The number of benzene rings is 2. The summed E-state index contributed by atoms with van der Waals surface area (Å²) < 4.78 is 0. The molecule has 0 amide bonds. The second kappa shape index (κ2) is 6.72. The third-order valence-electron chi connectivity index (χ3n) is 3.73. The van der Waals surface area contributed by atoms with E-state index in [0.29, 0.717) is 10.0 Å². The third-order valence-corrected chi connectivity index (χ3v) is 4.54. The van der Waals surface area contributed by atoms with Crippen LogP contribution in [0.2, 0.25) is 10.0 Å². The molecule has 0 saturated heterocycles. The van der Waals surface area contributed by atoms with Gasteiger partial charge in [-0.15, -0.1) is 0 Å². The summed E-state index contributed by atoms with van der Waals surface area (Å²) in [4.78, 5) is 0. The van der Waals surface area contributed by atoms with Crippen LogP contribution < -0.4 is 5.32 Å². The SMILES string of the molecule is CC(CC(C)(C)c1ccccc1)Nc1cccc(Cl)c1Cl. The molecule has 0 spiro atoms. The van der Waals surface area contributed by atoms with Crippen LogP contribution in [-0.2, 0) is 5.41 Å². The highest BCUT2D eigenvalue weighted by atomic mass is 35.5. The minimum atomic E-state index is 0.0960. The van der Waals surface area contributed by atoms with Crippen molar-refractivity contribution in [3.63, 3.8) is 0 Å². The molecule has 1 atom stereocenters. The molecule has 2 aromatic carbocycles. The van der Waals surface area contributed by atoms with Gasteiger partial charge < -0.3 is 5.32 Å². The Balaban J connectivity index is 2.08. The second-order valence-corrected chi connectivity index (χ2v) is 6.89. The van der Waals surface area contributed by atoms with Gasteiger partial charge in [0, 0.05) is 6.04 Å². The summed E-state index contributed by atoms with van der Waals surface area (Å²) in [5.74, 6) is 0. The molecule has 0 heterocycles. The third kappa shape index (κ3) is 4.15. The Morgan fingerprint density at radius 1 is 1.00 bits per heavy atom. The van der Waals surface area contributed by atoms with Gasteiger partial charge in [-0.3, -0.25) is 0 Å². The highest BCUT2D eigenvalue weighted by molar-refractivity contribution is 6.43. The Hall–Kier alpha value is -1.18. The molecule has 0 aromatic heterocycles. The molecule has 0 bridgehead atoms. The molecule has 1 unspecified atom stereocenters. The zero-order chi connectivity index (χ0) is 15.5. The van der Waals surface area contributed by atoms with Gasteiger partial charge in [0.05, 0.1) is 15.7 Å². The first-order chi connectivity index (χ1) is 9.90. The average molecular weight is 322 g/mol. The molecular formula is C18H21Cl2N. The van der Waals surface area contributed by atoms with Gasteiger partial charge >= 0.3 is 0 Å².